The fraction of sp³-hybridized carbons (Fsp3) is 0.412. The second kappa shape index (κ2) is 7.18. The van der Waals surface area contributed by atoms with E-state index in [1.165, 1.54) is 26.2 Å². The fourth-order valence-electron chi connectivity index (χ4n) is 3.12. The predicted molar refractivity (Wildman–Crippen MR) is 98.3 cm³/mol. The van der Waals surface area contributed by atoms with E-state index in [0.29, 0.717) is 18.8 Å². The van der Waals surface area contributed by atoms with Crippen LogP contribution >= 0.6 is 0 Å². The lowest BCUT2D eigenvalue weighted by atomic mass is 9.90. The third-order valence-corrected chi connectivity index (χ3v) is 6.40. The topological polar surface area (TPSA) is 96.3 Å². The molecule has 2 atom stereocenters. The Morgan fingerprint density at radius 3 is 2.77 bits per heavy atom. The number of sulfonamides is 1. The summed E-state index contributed by atoms with van der Waals surface area (Å²) in [6.07, 6.45) is 3.70. The summed E-state index contributed by atoms with van der Waals surface area (Å²) in [5, 5.41) is 10.3. The lowest BCUT2D eigenvalue weighted by Gasteiger charge is -2.18. The molecule has 8 nitrogen and oxygen atoms in total. The summed E-state index contributed by atoms with van der Waals surface area (Å²) < 4.78 is 27.4. The minimum absolute atomic E-state index is 0.0393. The zero-order chi connectivity index (χ0) is 18.9. The SMILES string of the molecule is CN(C)S(=O)(=O)c1cccc(NC(=O)[C@H]2CNC[C@@H]2c2cnn(C)c2)c1. The minimum atomic E-state index is -3.55. The highest BCUT2D eigenvalue weighted by atomic mass is 32.2. The molecule has 0 radical (unpaired) electrons. The van der Waals surface area contributed by atoms with Crippen LogP contribution in [0, 0.1) is 5.92 Å². The molecule has 0 saturated carbocycles. The average molecular weight is 377 g/mol. The molecule has 1 aromatic heterocycles. The monoisotopic (exact) mass is 377 g/mol. The summed E-state index contributed by atoms with van der Waals surface area (Å²) in [6.45, 7) is 1.28. The number of carbonyl (C=O) groups excluding carboxylic acids is 1. The first-order chi connectivity index (χ1) is 12.3. The molecule has 1 saturated heterocycles. The summed E-state index contributed by atoms with van der Waals surface area (Å²) in [5.74, 6) is -0.339. The molecule has 2 N–H and O–H groups in total. The van der Waals surface area contributed by atoms with E-state index < -0.39 is 10.0 Å². The van der Waals surface area contributed by atoms with Crippen molar-refractivity contribution in [3.05, 3.63) is 42.2 Å². The van der Waals surface area contributed by atoms with E-state index >= 15 is 0 Å². The molecule has 26 heavy (non-hydrogen) atoms. The third kappa shape index (κ3) is 3.64. The van der Waals surface area contributed by atoms with Crippen LogP contribution in [-0.4, -0.2) is 55.6 Å². The van der Waals surface area contributed by atoms with Crippen LogP contribution in [-0.2, 0) is 21.9 Å². The van der Waals surface area contributed by atoms with Gasteiger partial charge in [0.1, 0.15) is 0 Å². The average Bonchev–Trinajstić information content (AvgIpc) is 3.23. The van der Waals surface area contributed by atoms with Crippen LogP contribution in [0.3, 0.4) is 0 Å². The number of amides is 1. The second-order valence-electron chi connectivity index (χ2n) is 6.62. The molecule has 1 aliphatic heterocycles. The van der Waals surface area contributed by atoms with Crippen LogP contribution in [0.2, 0.25) is 0 Å². The van der Waals surface area contributed by atoms with E-state index in [0.717, 1.165) is 9.87 Å². The number of benzene rings is 1. The van der Waals surface area contributed by atoms with Crippen molar-refractivity contribution in [1.82, 2.24) is 19.4 Å². The molecule has 0 bridgehead atoms. The van der Waals surface area contributed by atoms with Crippen molar-refractivity contribution in [1.29, 1.82) is 0 Å². The lowest BCUT2D eigenvalue weighted by molar-refractivity contribution is -0.119. The summed E-state index contributed by atoms with van der Waals surface area (Å²) in [6, 6.07) is 6.31. The van der Waals surface area contributed by atoms with Gasteiger partial charge in [-0.25, -0.2) is 12.7 Å². The van der Waals surface area contributed by atoms with Crippen LogP contribution < -0.4 is 10.6 Å². The Balaban J connectivity index is 1.78. The summed E-state index contributed by atoms with van der Waals surface area (Å²) in [5.41, 5.74) is 1.48. The number of aryl methyl sites for hydroxylation is 1. The normalized spacial score (nSPS) is 20.5. The molecule has 1 aliphatic rings. The van der Waals surface area contributed by atoms with Gasteiger partial charge >= 0.3 is 0 Å². The highest BCUT2D eigenvalue weighted by Crippen LogP contribution is 2.29. The molecule has 0 spiro atoms. The van der Waals surface area contributed by atoms with Crippen LogP contribution in [0.1, 0.15) is 11.5 Å². The highest BCUT2D eigenvalue weighted by Gasteiger charge is 2.34. The largest absolute Gasteiger partial charge is 0.326 e. The number of hydrogen-bond donors (Lipinski definition) is 2. The Morgan fingerprint density at radius 1 is 1.35 bits per heavy atom. The van der Waals surface area contributed by atoms with Crippen molar-refractivity contribution in [3.8, 4) is 0 Å². The molecule has 0 unspecified atom stereocenters. The standard InChI is InChI=1S/C17H23N5O3S/c1-21(2)26(24,25)14-6-4-5-13(7-14)20-17(23)16-10-18-9-15(16)12-8-19-22(3)11-12/h4-8,11,15-16,18H,9-10H2,1-3H3,(H,20,23)/t15-,16+/m1/s1. The first-order valence-electron chi connectivity index (χ1n) is 8.32. The Labute approximate surface area is 153 Å². The highest BCUT2D eigenvalue weighted by molar-refractivity contribution is 7.89. The fourth-order valence-corrected chi connectivity index (χ4v) is 4.06. The van der Waals surface area contributed by atoms with Gasteiger partial charge in [0.15, 0.2) is 0 Å². The number of nitrogens with one attached hydrogen (secondary N) is 2. The van der Waals surface area contributed by atoms with E-state index in [2.05, 4.69) is 15.7 Å². The maximum absolute atomic E-state index is 12.8. The third-order valence-electron chi connectivity index (χ3n) is 4.58. The van der Waals surface area contributed by atoms with E-state index in [-0.39, 0.29) is 22.6 Å². The van der Waals surface area contributed by atoms with E-state index in [1.807, 2.05) is 13.2 Å². The molecular formula is C17H23N5O3S. The maximum atomic E-state index is 12.8. The van der Waals surface area contributed by atoms with Gasteiger partial charge in [-0.2, -0.15) is 5.10 Å². The number of anilines is 1. The van der Waals surface area contributed by atoms with E-state index in [9.17, 15) is 13.2 Å². The van der Waals surface area contributed by atoms with Crippen molar-refractivity contribution in [3.63, 3.8) is 0 Å². The van der Waals surface area contributed by atoms with Gasteiger partial charge in [-0.1, -0.05) is 6.07 Å². The Bertz CT molecular complexity index is 907. The van der Waals surface area contributed by atoms with Gasteiger partial charge < -0.3 is 10.6 Å². The molecule has 2 aromatic rings. The minimum Gasteiger partial charge on any atom is -0.326 e. The van der Waals surface area contributed by atoms with E-state index in [1.54, 1.807) is 23.0 Å². The van der Waals surface area contributed by atoms with Crippen LogP contribution in [0.5, 0.6) is 0 Å². The number of carbonyl (C=O) groups is 1. The zero-order valence-electron chi connectivity index (χ0n) is 15.0. The number of nitrogens with zero attached hydrogens (tertiary/aromatic N) is 3. The van der Waals surface area contributed by atoms with Crippen molar-refractivity contribution >= 4 is 21.6 Å². The zero-order valence-corrected chi connectivity index (χ0v) is 15.8. The summed E-state index contributed by atoms with van der Waals surface area (Å²) in [4.78, 5) is 12.9. The van der Waals surface area contributed by atoms with Gasteiger partial charge in [-0.3, -0.25) is 9.48 Å². The lowest BCUT2D eigenvalue weighted by Crippen LogP contribution is -2.28. The van der Waals surface area contributed by atoms with Gasteiger partial charge in [-0.15, -0.1) is 0 Å². The van der Waals surface area contributed by atoms with Crippen molar-refractivity contribution in [2.45, 2.75) is 10.8 Å². The molecule has 1 amide bonds. The van der Waals surface area contributed by atoms with Gasteiger partial charge in [0.2, 0.25) is 15.9 Å². The Morgan fingerprint density at radius 2 is 2.12 bits per heavy atom. The first kappa shape index (κ1) is 18.6. The van der Waals surface area contributed by atoms with Crippen molar-refractivity contribution in [2.24, 2.45) is 13.0 Å². The van der Waals surface area contributed by atoms with E-state index in [4.69, 9.17) is 0 Å². The molecule has 1 fully saturated rings. The van der Waals surface area contributed by atoms with Crippen molar-refractivity contribution in [2.75, 3.05) is 32.5 Å². The summed E-state index contributed by atoms with van der Waals surface area (Å²) in [7, 11) is 1.25. The Kier molecular flexibility index (Phi) is 5.12. The molecule has 2 heterocycles. The molecule has 9 heteroatoms. The van der Waals surface area contributed by atoms with Gasteiger partial charge in [-0.05, 0) is 23.8 Å². The van der Waals surface area contributed by atoms with Crippen LogP contribution in [0.15, 0.2) is 41.6 Å². The van der Waals surface area contributed by atoms with Gasteiger partial charge in [0.25, 0.3) is 0 Å². The quantitative estimate of drug-likeness (QED) is 0.796. The van der Waals surface area contributed by atoms with Crippen LogP contribution in [0.4, 0.5) is 5.69 Å². The maximum Gasteiger partial charge on any atom is 0.242 e. The Hall–Kier alpha value is -2.23. The summed E-state index contributed by atoms with van der Waals surface area (Å²) >= 11 is 0. The first-order valence-corrected chi connectivity index (χ1v) is 9.76. The molecule has 1 aromatic carbocycles. The number of hydrogen-bond acceptors (Lipinski definition) is 5. The van der Waals surface area contributed by atoms with Crippen LogP contribution in [0.25, 0.3) is 0 Å². The van der Waals surface area contributed by atoms with Crippen molar-refractivity contribution < 1.29 is 13.2 Å². The molecular weight excluding hydrogens is 354 g/mol. The predicted octanol–water partition coefficient (Wildman–Crippen LogP) is 0.612. The van der Waals surface area contributed by atoms with Gasteiger partial charge in [0.05, 0.1) is 17.0 Å². The molecule has 140 valence electrons. The number of aromatic nitrogens is 2. The molecule has 3 rings (SSSR count). The number of rotatable bonds is 5. The molecule has 0 aliphatic carbocycles. The van der Waals surface area contributed by atoms with Gasteiger partial charge in [0, 0.05) is 52.0 Å². The second-order valence-corrected chi connectivity index (χ2v) is 8.77. The smallest absolute Gasteiger partial charge is 0.242 e.